The number of nitrogen functional groups attached to an aromatic ring is 1. The highest BCUT2D eigenvalue weighted by molar-refractivity contribution is 7.19. The number of aromatic amines is 1. The monoisotopic (exact) mass is 312 g/mol. The normalized spacial score (nSPS) is 10.2. The molecule has 0 spiro atoms. The van der Waals surface area contributed by atoms with E-state index in [0.29, 0.717) is 5.13 Å². The summed E-state index contributed by atoms with van der Waals surface area (Å²) in [5.74, 6) is -0.214. The standard InChI is InChI=1S/C13H9FN2S2.ClH/c14-9-3-1-2-8(6-9)11-4-5-12(18-11)10-7-17-13(15)16-10;/h1-7H,(H2,15,16);1H. The Labute approximate surface area is 124 Å². The summed E-state index contributed by atoms with van der Waals surface area (Å²) in [6, 6.07) is 10.6. The first kappa shape index (κ1) is 14.0. The van der Waals surface area contributed by atoms with E-state index in [4.69, 9.17) is 5.73 Å². The third-order valence-corrected chi connectivity index (χ3v) is 4.42. The first-order valence-electron chi connectivity index (χ1n) is 5.35. The maximum atomic E-state index is 13.2. The van der Waals surface area contributed by atoms with Crippen LogP contribution in [-0.2, 0) is 0 Å². The fraction of sp³-hybridized carbons (Fsp3) is 0. The van der Waals surface area contributed by atoms with Crippen molar-refractivity contribution in [1.29, 1.82) is 0 Å². The van der Waals surface area contributed by atoms with Gasteiger partial charge >= 0.3 is 5.13 Å². The van der Waals surface area contributed by atoms with Gasteiger partial charge in [0.2, 0.25) is 0 Å². The highest BCUT2D eigenvalue weighted by Crippen LogP contribution is 2.33. The summed E-state index contributed by atoms with van der Waals surface area (Å²) in [4.78, 5) is 5.24. The number of hydrogen-bond acceptors (Lipinski definition) is 3. The predicted octanol–water partition coefficient (Wildman–Crippen LogP) is 0.683. The molecule has 0 aliphatic heterocycles. The number of hydrogen-bond donors (Lipinski definition) is 1. The van der Waals surface area contributed by atoms with Crippen LogP contribution in [0.15, 0.2) is 41.8 Å². The van der Waals surface area contributed by atoms with Crippen LogP contribution in [0.2, 0.25) is 0 Å². The molecule has 0 fully saturated rings. The van der Waals surface area contributed by atoms with Crippen molar-refractivity contribution in [3.05, 3.63) is 47.6 Å². The average Bonchev–Trinajstić information content (AvgIpc) is 2.97. The number of thiazole rings is 1. The maximum absolute atomic E-state index is 13.2. The lowest BCUT2D eigenvalue weighted by atomic mass is 10.2. The number of nitrogens with two attached hydrogens (primary N) is 1. The fourth-order valence-corrected chi connectivity index (χ4v) is 3.36. The number of rotatable bonds is 2. The zero-order valence-corrected chi connectivity index (χ0v) is 12.1. The van der Waals surface area contributed by atoms with Crippen LogP contribution in [-0.4, -0.2) is 0 Å². The minimum Gasteiger partial charge on any atom is -1.00 e. The molecule has 19 heavy (non-hydrogen) atoms. The molecule has 0 aliphatic rings. The zero-order chi connectivity index (χ0) is 12.5. The zero-order valence-electron chi connectivity index (χ0n) is 9.69. The molecule has 98 valence electrons. The number of thiophene rings is 1. The lowest BCUT2D eigenvalue weighted by Gasteiger charge is -1.96. The molecule has 0 saturated heterocycles. The molecule has 2 aromatic heterocycles. The van der Waals surface area contributed by atoms with E-state index in [1.54, 1.807) is 23.5 Å². The van der Waals surface area contributed by atoms with Crippen LogP contribution in [0, 0.1) is 5.82 Å². The van der Waals surface area contributed by atoms with E-state index < -0.39 is 0 Å². The van der Waals surface area contributed by atoms with E-state index in [0.717, 1.165) is 21.0 Å². The second-order valence-corrected chi connectivity index (χ2v) is 5.81. The molecular weight excluding hydrogens is 303 g/mol. The first-order chi connectivity index (χ1) is 8.72. The second kappa shape index (κ2) is 5.69. The van der Waals surface area contributed by atoms with Crippen molar-refractivity contribution in [2.75, 3.05) is 5.73 Å². The number of anilines is 1. The van der Waals surface area contributed by atoms with E-state index in [-0.39, 0.29) is 18.2 Å². The van der Waals surface area contributed by atoms with Crippen LogP contribution in [0.1, 0.15) is 0 Å². The summed E-state index contributed by atoms with van der Waals surface area (Å²) in [5, 5.41) is 2.67. The molecule has 0 radical (unpaired) electrons. The molecule has 0 amide bonds. The van der Waals surface area contributed by atoms with Gasteiger partial charge in [-0.15, -0.1) is 11.3 Å². The Balaban J connectivity index is 0.00000133. The van der Waals surface area contributed by atoms with E-state index in [2.05, 4.69) is 4.98 Å². The van der Waals surface area contributed by atoms with Crippen LogP contribution < -0.4 is 23.1 Å². The molecule has 0 saturated carbocycles. The molecular formula is C13H10ClFN2S2. The van der Waals surface area contributed by atoms with Gasteiger partial charge in [-0.3, -0.25) is 5.73 Å². The van der Waals surface area contributed by atoms with Crippen molar-refractivity contribution >= 4 is 27.8 Å². The van der Waals surface area contributed by atoms with Gasteiger partial charge < -0.3 is 12.4 Å². The van der Waals surface area contributed by atoms with Gasteiger partial charge in [-0.2, -0.15) is 0 Å². The van der Waals surface area contributed by atoms with E-state index in [9.17, 15) is 4.39 Å². The Hall–Kier alpha value is -1.43. The highest BCUT2D eigenvalue weighted by atomic mass is 35.5. The van der Waals surface area contributed by atoms with E-state index >= 15 is 0 Å². The van der Waals surface area contributed by atoms with Crippen molar-refractivity contribution in [3.8, 4) is 21.0 Å². The molecule has 3 rings (SSSR count). The van der Waals surface area contributed by atoms with Gasteiger partial charge in [0.25, 0.3) is 0 Å². The van der Waals surface area contributed by atoms with Crippen LogP contribution >= 0.6 is 22.7 Å². The fourth-order valence-electron chi connectivity index (χ4n) is 1.71. The van der Waals surface area contributed by atoms with Gasteiger partial charge in [0, 0.05) is 10.3 Å². The quantitative estimate of drug-likeness (QED) is 0.743. The molecule has 0 bridgehead atoms. The van der Waals surface area contributed by atoms with Gasteiger partial charge in [-0.1, -0.05) is 23.5 Å². The van der Waals surface area contributed by atoms with Crippen LogP contribution in [0.5, 0.6) is 0 Å². The van der Waals surface area contributed by atoms with Crippen LogP contribution in [0.3, 0.4) is 0 Å². The van der Waals surface area contributed by atoms with E-state index in [1.165, 1.54) is 17.4 Å². The Morgan fingerprint density at radius 3 is 2.58 bits per heavy atom. The minimum atomic E-state index is -0.214. The summed E-state index contributed by atoms with van der Waals surface area (Å²) < 4.78 is 13.2. The molecule has 2 heterocycles. The molecule has 0 atom stereocenters. The van der Waals surface area contributed by atoms with Crippen molar-refractivity contribution < 1.29 is 21.8 Å². The maximum Gasteiger partial charge on any atom is 0.329 e. The predicted molar refractivity (Wildman–Crippen MR) is 74.0 cm³/mol. The lowest BCUT2D eigenvalue weighted by Crippen LogP contribution is -3.00. The lowest BCUT2D eigenvalue weighted by molar-refractivity contribution is -0.340. The highest BCUT2D eigenvalue weighted by Gasteiger charge is 2.10. The molecule has 6 heteroatoms. The number of nitrogens with one attached hydrogen (secondary N) is 1. The van der Waals surface area contributed by atoms with Crippen molar-refractivity contribution in [2.45, 2.75) is 0 Å². The SMILES string of the molecule is Nc1[nH+]c(-c2ccc(-c3cccc(F)c3)s2)cs1.[Cl-]. The molecule has 0 aliphatic carbocycles. The number of halogens is 2. The molecule has 0 unspecified atom stereocenters. The average molecular weight is 313 g/mol. The Morgan fingerprint density at radius 2 is 1.89 bits per heavy atom. The number of aromatic nitrogens is 1. The largest absolute Gasteiger partial charge is 1.00 e. The Morgan fingerprint density at radius 1 is 1.11 bits per heavy atom. The van der Waals surface area contributed by atoms with Crippen molar-refractivity contribution in [1.82, 2.24) is 0 Å². The van der Waals surface area contributed by atoms with Crippen molar-refractivity contribution in [2.24, 2.45) is 0 Å². The summed E-state index contributed by atoms with van der Waals surface area (Å²) in [5.41, 5.74) is 7.57. The first-order valence-corrected chi connectivity index (χ1v) is 7.04. The van der Waals surface area contributed by atoms with Gasteiger partial charge in [-0.05, 0) is 29.8 Å². The van der Waals surface area contributed by atoms with Crippen LogP contribution in [0.4, 0.5) is 9.52 Å². The molecule has 3 N–H and O–H groups in total. The van der Waals surface area contributed by atoms with Crippen molar-refractivity contribution in [3.63, 3.8) is 0 Å². The molecule has 1 aromatic carbocycles. The Bertz CT molecular complexity index is 693. The summed E-state index contributed by atoms with van der Waals surface area (Å²) >= 11 is 3.09. The summed E-state index contributed by atoms with van der Waals surface area (Å²) in [7, 11) is 0. The Kier molecular flexibility index (Phi) is 4.19. The third kappa shape index (κ3) is 2.94. The summed E-state index contributed by atoms with van der Waals surface area (Å²) in [6.45, 7) is 0. The smallest absolute Gasteiger partial charge is 0.329 e. The number of benzene rings is 1. The van der Waals surface area contributed by atoms with E-state index in [1.807, 2.05) is 23.6 Å². The third-order valence-electron chi connectivity index (χ3n) is 2.54. The topological polar surface area (TPSA) is 40.2 Å². The van der Waals surface area contributed by atoms with Crippen LogP contribution in [0.25, 0.3) is 21.0 Å². The van der Waals surface area contributed by atoms with Gasteiger partial charge in [0.1, 0.15) is 5.82 Å². The molecule has 2 nitrogen and oxygen atoms in total. The van der Waals surface area contributed by atoms with Gasteiger partial charge in [0.15, 0.2) is 5.69 Å². The van der Waals surface area contributed by atoms with Gasteiger partial charge in [0.05, 0.1) is 4.88 Å². The minimum absolute atomic E-state index is 0. The molecule has 3 aromatic rings. The van der Waals surface area contributed by atoms with Gasteiger partial charge in [-0.25, -0.2) is 9.37 Å². The summed E-state index contributed by atoms with van der Waals surface area (Å²) in [6.07, 6.45) is 0. The second-order valence-electron chi connectivity index (χ2n) is 3.81. The number of H-pyrrole nitrogens is 1.